The quantitative estimate of drug-likeness (QED) is 0.816. The molecule has 1 N–H and O–H groups in total. The molecule has 5 heteroatoms. The standard InChI is InChI=1S/C22H28N2O3/c1-17-6-8-21(9-7-17)27-18(2)22(25)23-15-19-4-3-5-20(14-19)16-24-10-12-26-13-11-24/h3-9,14,18H,10-13,15-16H2,1-2H3,(H,23,25)/t18-/m1/s1. The van der Waals surface area contributed by atoms with Gasteiger partial charge in [-0.15, -0.1) is 0 Å². The lowest BCUT2D eigenvalue weighted by molar-refractivity contribution is -0.127. The molecule has 1 heterocycles. The maximum Gasteiger partial charge on any atom is 0.261 e. The first-order valence-electron chi connectivity index (χ1n) is 9.49. The van der Waals surface area contributed by atoms with Crippen LogP contribution >= 0.6 is 0 Å². The second kappa shape index (κ2) is 9.53. The van der Waals surface area contributed by atoms with Crippen LogP contribution in [-0.2, 0) is 22.6 Å². The smallest absolute Gasteiger partial charge is 0.261 e. The van der Waals surface area contributed by atoms with Crippen molar-refractivity contribution in [3.8, 4) is 5.75 Å². The van der Waals surface area contributed by atoms with E-state index in [1.807, 2.05) is 43.3 Å². The van der Waals surface area contributed by atoms with E-state index in [2.05, 4.69) is 22.3 Å². The normalized spacial score (nSPS) is 15.9. The van der Waals surface area contributed by atoms with E-state index in [1.165, 1.54) is 5.56 Å². The van der Waals surface area contributed by atoms with Gasteiger partial charge in [0.25, 0.3) is 5.91 Å². The number of rotatable bonds is 7. The van der Waals surface area contributed by atoms with Crippen molar-refractivity contribution in [3.63, 3.8) is 0 Å². The van der Waals surface area contributed by atoms with Gasteiger partial charge in [0.15, 0.2) is 6.10 Å². The number of carbonyl (C=O) groups excluding carboxylic acids is 1. The van der Waals surface area contributed by atoms with Gasteiger partial charge >= 0.3 is 0 Å². The number of ether oxygens (including phenoxy) is 2. The third kappa shape index (κ3) is 6.08. The molecule has 1 aliphatic rings. The molecule has 144 valence electrons. The number of aryl methyl sites for hydroxylation is 1. The Hall–Kier alpha value is -2.37. The van der Waals surface area contributed by atoms with Gasteiger partial charge in [-0.05, 0) is 37.1 Å². The zero-order valence-corrected chi connectivity index (χ0v) is 16.1. The molecule has 1 atom stereocenters. The minimum Gasteiger partial charge on any atom is -0.481 e. The molecule has 1 fully saturated rings. The van der Waals surface area contributed by atoms with Crippen molar-refractivity contribution in [1.82, 2.24) is 10.2 Å². The Morgan fingerprint density at radius 2 is 1.85 bits per heavy atom. The Morgan fingerprint density at radius 1 is 1.15 bits per heavy atom. The highest BCUT2D eigenvalue weighted by Gasteiger charge is 2.15. The SMILES string of the molecule is Cc1ccc(O[C@H](C)C(=O)NCc2cccc(CN3CCOCC3)c2)cc1. The van der Waals surface area contributed by atoms with Gasteiger partial charge in [-0.25, -0.2) is 0 Å². The zero-order valence-electron chi connectivity index (χ0n) is 16.1. The van der Waals surface area contributed by atoms with Crippen molar-refractivity contribution in [1.29, 1.82) is 0 Å². The number of amides is 1. The van der Waals surface area contributed by atoms with Gasteiger partial charge in [0, 0.05) is 26.2 Å². The van der Waals surface area contributed by atoms with E-state index in [0.717, 1.165) is 44.0 Å². The first kappa shape index (κ1) is 19.4. The highest BCUT2D eigenvalue weighted by Crippen LogP contribution is 2.14. The number of nitrogens with one attached hydrogen (secondary N) is 1. The van der Waals surface area contributed by atoms with E-state index < -0.39 is 6.10 Å². The van der Waals surface area contributed by atoms with Crippen LogP contribution in [-0.4, -0.2) is 43.2 Å². The van der Waals surface area contributed by atoms with E-state index in [1.54, 1.807) is 6.92 Å². The maximum atomic E-state index is 12.3. The van der Waals surface area contributed by atoms with Crippen molar-refractivity contribution < 1.29 is 14.3 Å². The summed E-state index contributed by atoms with van der Waals surface area (Å²) < 4.78 is 11.1. The lowest BCUT2D eigenvalue weighted by Crippen LogP contribution is -2.36. The Bertz CT molecular complexity index is 739. The minimum absolute atomic E-state index is 0.117. The first-order chi connectivity index (χ1) is 13.1. The molecule has 0 aromatic heterocycles. The summed E-state index contributed by atoms with van der Waals surface area (Å²) in [6.07, 6.45) is -0.538. The largest absolute Gasteiger partial charge is 0.481 e. The van der Waals surface area contributed by atoms with Crippen molar-refractivity contribution in [3.05, 3.63) is 65.2 Å². The molecule has 0 bridgehead atoms. The van der Waals surface area contributed by atoms with Crippen LogP contribution in [0, 0.1) is 6.92 Å². The molecule has 3 rings (SSSR count). The molecule has 0 saturated carbocycles. The summed E-state index contributed by atoms with van der Waals surface area (Å²) in [5.41, 5.74) is 3.51. The summed E-state index contributed by atoms with van der Waals surface area (Å²) in [5.74, 6) is 0.588. The van der Waals surface area contributed by atoms with Crippen LogP contribution in [0.25, 0.3) is 0 Å². The molecule has 0 radical (unpaired) electrons. The Morgan fingerprint density at radius 3 is 2.59 bits per heavy atom. The van der Waals surface area contributed by atoms with Crippen molar-refractivity contribution >= 4 is 5.91 Å². The third-order valence-electron chi connectivity index (χ3n) is 4.67. The van der Waals surface area contributed by atoms with Gasteiger partial charge in [0.1, 0.15) is 5.75 Å². The van der Waals surface area contributed by atoms with E-state index in [0.29, 0.717) is 12.3 Å². The number of nitrogens with zero attached hydrogens (tertiary/aromatic N) is 1. The van der Waals surface area contributed by atoms with E-state index in [-0.39, 0.29) is 5.91 Å². The van der Waals surface area contributed by atoms with E-state index >= 15 is 0 Å². The summed E-state index contributed by atoms with van der Waals surface area (Å²) in [6.45, 7) is 8.74. The van der Waals surface area contributed by atoms with Gasteiger partial charge in [-0.2, -0.15) is 0 Å². The van der Waals surface area contributed by atoms with E-state index in [4.69, 9.17) is 9.47 Å². The average Bonchev–Trinajstić information content (AvgIpc) is 2.69. The Balaban J connectivity index is 1.49. The summed E-state index contributed by atoms with van der Waals surface area (Å²) >= 11 is 0. The zero-order chi connectivity index (χ0) is 19.1. The lowest BCUT2D eigenvalue weighted by Gasteiger charge is -2.26. The Kier molecular flexibility index (Phi) is 6.85. The molecule has 0 spiro atoms. The van der Waals surface area contributed by atoms with Crippen LogP contribution in [0.4, 0.5) is 0 Å². The topological polar surface area (TPSA) is 50.8 Å². The predicted octanol–water partition coefficient (Wildman–Crippen LogP) is 2.91. The molecule has 2 aromatic rings. The number of morpholine rings is 1. The second-order valence-corrected chi connectivity index (χ2v) is 7.00. The fourth-order valence-electron chi connectivity index (χ4n) is 3.06. The minimum atomic E-state index is -0.538. The monoisotopic (exact) mass is 368 g/mol. The van der Waals surface area contributed by atoms with Crippen molar-refractivity contribution in [2.45, 2.75) is 33.0 Å². The molecule has 27 heavy (non-hydrogen) atoms. The maximum absolute atomic E-state index is 12.3. The van der Waals surface area contributed by atoms with Crippen LogP contribution in [0.1, 0.15) is 23.6 Å². The number of carbonyl (C=O) groups is 1. The van der Waals surface area contributed by atoms with E-state index in [9.17, 15) is 4.79 Å². The molecule has 0 unspecified atom stereocenters. The van der Waals surface area contributed by atoms with Crippen LogP contribution in [0.2, 0.25) is 0 Å². The summed E-state index contributed by atoms with van der Waals surface area (Å²) in [6, 6.07) is 16.1. The number of benzene rings is 2. The molecule has 0 aliphatic carbocycles. The number of hydrogen-bond acceptors (Lipinski definition) is 4. The van der Waals surface area contributed by atoms with Gasteiger partial charge in [0.2, 0.25) is 0 Å². The molecule has 1 aliphatic heterocycles. The highest BCUT2D eigenvalue weighted by atomic mass is 16.5. The van der Waals surface area contributed by atoms with Gasteiger partial charge in [-0.1, -0.05) is 42.0 Å². The summed E-state index contributed by atoms with van der Waals surface area (Å²) in [4.78, 5) is 14.7. The predicted molar refractivity (Wildman–Crippen MR) is 106 cm³/mol. The third-order valence-corrected chi connectivity index (χ3v) is 4.67. The molecular weight excluding hydrogens is 340 g/mol. The van der Waals surface area contributed by atoms with Gasteiger partial charge < -0.3 is 14.8 Å². The fraction of sp³-hybridized carbons (Fsp3) is 0.409. The van der Waals surface area contributed by atoms with Crippen LogP contribution in [0.3, 0.4) is 0 Å². The van der Waals surface area contributed by atoms with Crippen LogP contribution in [0.15, 0.2) is 48.5 Å². The highest BCUT2D eigenvalue weighted by molar-refractivity contribution is 5.80. The first-order valence-corrected chi connectivity index (χ1v) is 9.49. The molecule has 2 aromatic carbocycles. The molecule has 1 saturated heterocycles. The van der Waals surface area contributed by atoms with Crippen molar-refractivity contribution in [2.75, 3.05) is 26.3 Å². The molecule has 1 amide bonds. The van der Waals surface area contributed by atoms with Crippen molar-refractivity contribution in [2.24, 2.45) is 0 Å². The second-order valence-electron chi connectivity index (χ2n) is 7.00. The average molecular weight is 368 g/mol. The Labute approximate surface area is 161 Å². The summed E-state index contributed by atoms with van der Waals surface area (Å²) in [5, 5.41) is 2.96. The van der Waals surface area contributed by atoms with Gasteiger partial charge in [0.05, 0.1) is 13.2 Å². The molecule has 5 nitrogen and oxygen atoms in total. The molecular formula is C22H28N2O3. The van der Waals surface area contributed by atoms with Crippen LogP contribution in [0.5, 0.6) is 5.75 Å². The fourth-order valence-corrected chi connectivity index (χ4v) is 3.06. The van der Waals surface area contributed by atoms with Gasteiger partial charge in [-0.3, -0.25) is 9.69 Å². The summed E-state index contributed by atoms with van der Waals surface area (Å²) in [7, 11) is 0. The number of hydrogen-bond donors (Lipinski definition) is 1. The lowest BCUT2D eigenvalue weighted by atomic mass is 10.1. The van der Waals surface area contributed by atoms with Crippen LogP contribution < -0.4 is 10.1 Å².